The molecule has 0 saturated carbocycles. The van der Waals surface area contributed by atoms with Crippen LogP contribution in [0.1, 0.15) is 42.5 Å². The van der Waals surface area contributed by atoms with Crippen LogP contribution in [0.5, 0.6) is 5.75 Å². The van der Waals surface area contributed by atoms with Crippen LogP contribution in [0, 0.1) is 0 Å². The van der Waals surface area contributed by atoms with Gasteiger partial charge in [0.15, 0.2) is 0 Å². The Bertz CT molecular complexity index is 2050. The summed E-state index contributed by atoms with van der Waals surface area (Å²) in [7, 11) is 0. The maximum absolute atomic E-state index is 11.1. The van der Waals surface area contributed by atoms with E-state index in [1.54, 1.807) is 6.07 Å². The average Bonchev–Trinajstić information content (AvgIpc) is 3.56. The molecule has 0 spiro atoms. The zero-order chi connectivity index (χ0) is 29.6. The molecule has 1 aromatic heterocycles. The zero-order valence-corrected chi connectivity index (χ0v) is 24.9. The van der Waals surface area contributed by atoms with Crippen LogP contribution in [0.15, 0.2) is 138 Å². The summed E-state index contributed by atoms with van der Waals surface area (Å²) in [5.74, 6) is 0.216. The number of fused-ring (bicyclic) bond motifs is 7. The van der Waals surface area contributed by atoms with E-state index in [2.05, 4.69) is 105 Å². The second kappa shape index (κ2) is 10.8. The minimum Gasteiger partial charge on any atom is -0.507 e. The Kier molecular flexibility index (Phi) is 6.80. The highest BCUT2D eigenvalue weighted by atomic mass is 35.5. The number of para-hydroxylation sites is 2. The van der Waals surface area contributed by atoms with Gasteiger partial charge in [-0.1, -0.05) is 135 Å². The molecule has 1 aliphatic carbocycles. The number of halogens is 1. The first-order valence-electron chi connectivity index (χ1n) is 14.8. The average molecular weight is 579 g/mol. The van der Waals surface area contributed by atoms with Gasteiger partial charge in [-0.15, -0.1) is 0 Å². The Labute approximate surface area is 256 Å². The summed E-state index contributed by atoms with van der Waals surface area (Å²) in [6, 6.07) is 45.4. The van der Waals surface area contributed by atoms with Crippen LogP contribution in [0.2, 0.25) is 5.02 Å². The summed E-state index contributed by atoms with van der Waals surface area (Å²) in [5, 5.41) is 13.8. The summed E-state index contributed by atoms with van der Waals surface area (Å²) >= 11 is 6.76. The summed E-state index contributed by atoms with van der Waals surface area (Å²) in [6.07, 6.45) is 1.25. The molecule has 0 atom stereocenters. The number of benzene rings is 6. The molecule has 0 saturated heterocycles. The lowest BCUT2D eigenvalue weighted by Gasteiger charge is -2.34. The van der Waals surface area contributed by atoms with Crippen LogP contribution >= 0.6 is 11.6 Å². The van der Waals surface area contributed by atoms with Crippen molar-refractivity contribution in [2.75, 3.05) is 0 Å². The summed E-state index contributed by atoms with van der Waals surface area (Å²) in [5.41, 5.74) is 9.38. The topological polar surface area (TPSA) is 33.4 Å². The molecule has 0 amide bonds. The van der Waals surface area contributed by atoms with Crippen LogP contribution < -0.4 is 0 Å². The minimum absolute atomic E-state index is 0.216. The second-order valence-corrected chi connectivity index (χ2v) is 11.5. The van der Waals surface area contributed by atoms with Crippen molar-refractivity contribution in [1.82, 2.24) is 0 Å². The molecule has 1 heterocycles. The van der Waals surface area contributed by atoms with E-state index in [0.29, 0.717) is 5.02 Å². The number of phenols is 1. The Morgan fingerprint density at radius 3 is 1.91 bits per heavy atom. The van der Waals surface area contributed by atoms with Crippen molar-refractivity contribution >= 4 is 33.5 Å². The van der Waals surface area contributed by atoms with E-state index in [4.69, 9.17) is 16.0 Å². The van der Waals surface area contributed by atoms with E-state index >= 15 is 0 Å². The number of hydrogen-bond donors (Lipinski definition) is 1. The van der Waals surface area contributed by atoms with Crippen molar-refractivity contribution in [3.8, 4) is 28.0 Å². The van der Waals surface area contributed by atoms with Gasteiger partial charge in [-0.3, -0.25) is 0 Å². The van der Waals surface area contributed by atoms with Gasteiger partial charge in [0.05, 0.1) is 5.41 Å². The molecule has 0 unspecified atom stereocenters. The van der Waals surface area contributed by atoms with Crippen molar-refractivity contribution in [1.29, 1.82) is 0 Å². The third-order valence-electron chi connectivity index (χ3n) is 8.31. The largest absolute Gasteiger partial charge is 0.507 e. The summed E-state index contributed by atoms with van der Waals surface area (Å²) < 4.78 is 6.60. The van der Waals surface area contributed by atoms with Gasteiger partial charge in [0.25, 0.3) is 0 Å². The van der Waals surface area contributed by atoms with Gasteiger partial charge in [-0.25, -0.2) is 0 Å². The molecule has 2 nitrogen and oxygen atoms in total. The summed E-state index contributed by atoms with van der Waals surface area (Å²) in [6.45, 7) is 4.25. The number of rotatable bonds is 3. The van der Waals surface area contributed by atoms with E-state index in [1.165, 1.54) is 6.42 Å². The van der Waals surface area contributed by atoms with Gasteiger partial charge in [-0.2, -0.15) is 0 Å². The number of furan rings is 1. The van der Waals surface area contributed by atoms with Gasteiger partial charge < -0.3 is 9.52 Å². The van der Waals surface area contributed by atoms with Crippen LogP contribution in [-0.2, 0) is 5.41 Å². The Morgan fingerprint density at radius 2 is 1.23 bits per heavy atom. The molecule has 0 aliphatic heterocycles. The SMILES string of the molecule is CCC.Oc1ccccc1-c1cc2c(c3c1oc1ccccc13)-c1ccc(Cl)cc1C2(c1ccccc1)c1ccccc1. The second-order valence-electron chi connectivity index (χ2n) is 11.0. The molecule has 0 bridgehead atoms. The minimum atomic E-state index is -0.635. The highest BCUT2D eigenvalue weighted by molar-refractivity contribution is 6.31. The lowest BCUT2D eigenvalue weighted by atomic mass is 9.67. The molecule has 7 aromatic rings. The van der Waals surface area contributed by atoms with Gasteiger partial charge in [0.2, 0.25) is 0 Å². The fourth-order valence-electron chi connectivity index (χ4n) is 6.73. The maximum Gasteiger partial charge on any atom is 0.144 e. The Balaban J connectivity index is 0.000000963. The zero-order valence-electron chi connectivity index (χ0n) is 24.1. The molecule has 1 N–H and O–H groups in total. The normalized spacial score (nSPS) is 12.9. The lowest BCUT2D eigenvalue weighted by molar-refractivity contribution is 0.477. The molecule has 3 heteroatoms. The fraction of sp³-hybridized carbons (Fsp3) is 0.100. The maximum atomic E-state index is 11.1. The van der Waals surface area contributed by atoms with Crippen LogP contribution in [0.25, 0.3) is 44.2 Å². The molecular weight excluding hydrogens is 548 g/mol. The molecule has 8 rings (SSSR count). The van der Waals surface area contributed by atoms with Gasteiger partial charge >= 0.3 is 0 Å². The highest BCUT2D eigenvalue weighted by Gasteiger charge is 2.48. The van der Waals surface area contributed by atoms with Crippen LogP contribution in [0.4, 0.5) is 0 Å². The van der Waals surface area contributed by atoms with Crippen molar-refractivity contribution < 1.29 is 9.52 Å². The van der Waals surface area contributed by atoms with Crippen molar-refractivity contribution in [2.45, 2.75) is 25.7 Å². The van der Waals surface area contributed by atoms with E-state index in [0.717, 1.165) is 66.4 Å². The van der Waals surface area contributed by atoms with E-state index in [-0.39, 0.29) is 5.75 Å². The van der Waals surface area contributed by atoms with Crippen molar-refractivity contribution in [2.24, 2.45) is 0 Å². The van der Waals surface area contributed by atoms with Gasteiger partial charge in [0.1, 0.15) is 16.9 Å². The standard InChI is InChI=1S/C37H23ClO2.C3H8/c38-25-19-20-27-30(21-25)37(23-11-3-1-4-12-23,24-13-5-2-6-14-24)31-22-29(26-15-7-9-17-32(26)39)36-35(34(27)31)28-16-8-10-18-33(28)40-36;1-3-2/h1-22,39H;3H2,1-2H3. The Morgan fingerprint density at radius 1 is 0.628 bits per heavy atom. The third kappa shape index (κ3) is 4.09. The molecule has 43 heavy (non-hydrogen) atoms. The lowest BCUT2D eigenvalue weighted by Crippen LogP contribution is -2.28. The first-order chi connectivity index (χ1) is 21.1. The van der Waals surface area contributed by atoms with Crippen molar-refractivity contribution in [3.05, 3.63) is 161 Å². The molecule has 1 aliphatic rings. The van der Waals surface area contributed by atoms with Gasteiger partial charge in [0, 0.05) is 26.9 Å². The summed E-state index contributed by atoms with van der Waals surface area (Å²) in [4.78, 5) is 0. The molecular formula is C40H31ClO2. The first-order valence-corrected chi connectivity index (χ1v) is 15.2. The predicted octanol–water partition coefficient (Wildman–Crippen LogP) is 11.4. The number of hydrogen-bond acceptors (Lipinski definition) is 2. The van der Waals surface area contributed by atoms with E-state index < -0.39 is 5.41 Å². The quantitative estimate of drug-likeness (QED) is 0.226. The monoisotopic (exact) mass is 578 g/mol. The van der Waals surface area contributed by atoms with E-state index in [9.17, 15) is 5.11 Å². The molecule has 0 fully saturated rings. The molecule has 0 radical (unpaired) electrons. The molecule has 6 aromatic carbocycles. The smallest absolute Gasteiger partial charge is 0.144 e. The van der Waals surface area contributed by atoms with Crippen LogP contribution in [-0.4, -0.2) is 5.11 Å². The predicted molar refractivity (Wildman–Crippen MR) is 179 cm³/mol. The number of aromatic hydroxyl groups is 1. The fourth-order valence-corrected chi connectivity index (χ4v) is 6.90. The van der Waals surface area contributed by atoms with Crippen molar-refractivity contribution in [3.63, 3.8) is 0 Å². The first kappa shape index (κ1) is 27.1. The highest BCUT2D eigenvalue weighted by Crippen LogP contribution is 2.60. The van der Waals surface area contributed by atoms with E-state index in [1.807, 2.05) is 36.4 Å². The molecule has 210 valence electrons. The third-order valence-corrected chi connectivity index (χ3v) is 8.55. The van der Waals surface area contributed by atoms with Crippen LogP contribution in [0.3, 0.4) is 0 Å². The van der Waals surface area contributed by atoms with Gasteiger partial charge in [-0.05, 0) is 63.7 Å². The number of phenolic OH excluding ortho intramolecular Hbond substituents is 1. The Hall–Kier alpha value is -4.79.